The van der Waals surface area contributed by atoms with Gasteiger partial charge in [-0.1, -0.05) is 83.3 Å². The van der Waals surface area contributed by atoms with E-state index in [1.165, 1.54) is 12.1 Å². The lowest BCUT2D eigenvalue weighted by Crippen LogP contribution is -2.61. The minimum Gasteiger partial charge on any atom is -0.449 e. The third kappa shape index (κ3) is 6.80. The van der Waals surface area contributed by atoms with Crippen LogP contribution in [-0.4, -0.2) is 63.2 Å². The second kappa shape index (κ2) is 11.5. The maximum Gasteiger partial charge on any atom is 0.338 e. The molecule has 1 saturated heterocycles. The first kappa shape index (κ1) is 25.7. The molecule has 2 aromatic rings. The largest absolute Gasteiger partial charge is 0.449 e. The second-order valence-corrected chi connectivity index (χ2v) is 9.44. The van der Waals surface area contributed by atoms with Crippen molar-refractivity contribution in [2.24, 2.45) is 0 Å². The Hall–Kier alpha value is -1.91. The van der Waals surface area contributed by atoms with Gasteiger partial charge in [0.2, 0.25) is 12.2 Å². The van der Waals surface area contributed by atoms with Crippen molar-refractivity contribution in [3.63, 3.8) is 0 Å². The zero-order chi connectivity index (χ0) is 24.0. The first-order chi connectivity index (χ1) is 15.7. The smallest absolute Gasteiger partial charge is 0.338 e. The van der Waals surface area contributed by atoms with Crippen LogP contribution in [0.4, 0.5) is 0 Å². The average molecular weight is 519 g/mol. The Morgan fingerprint density at radius 2 is 1.61 bits per heavy atom. The SMILES string of the molecule is N=C(O[C@@H]1OC(CO)[C@H](OCc2ccccc2)[C@H](O)C1OC(=O)c1ccccc1)C(Cl)(Cl)Cl. The molecule has 0 radical (unpaired) electrons. The molecule has 5 atom stereocenters. The minimum atomic E-state index is -2.22. The molecule has 1 heterocycles. The molecule has 33 heavy (non-hydrogen) atoms. The number of carbonyl (C=O) groups excluding carboxylic acids is 1. The molecule has 8 nitrogen and oxygen atoms in total. The number of aliphatic hydroxyl groups is 2. The van der Waals surface area contributed by atoms with E-state index < -0.39 is 53.0 Å². The number of nitrogens with one attached hydrogen (secondary N) is 1. The molecule has 3 N–H and O–H groups in total. The summed E-state index contributed by atoms with van der Waals surface area (Å²) in [6.45, 7) is -0.464. The summed E-state index contributed by atoms with van der Waals surface area (Å²) in [7, 11) is 0. The second-order valence-electron chi connectivity index (χ2n) is 7.16. The molecule has 0 amide bonds. The van der Waals surface area contributed by atoms with Crippen LogP contribution >= 0.6 is 34.8 Å². The van der Waals surface area contributed by atoms with Gasteiger partial charge in [-0.2, -0.15) is 0 Å². The summed E-state index contributed by atoms with van der Waals surface area (Å²) >= 11 is 17.1. The molecule has 1 aliphatic rings. The molecule has 1 aliphatic heterocycles. The molecular formula is C22H22Cl3NO7. The van der Waals surface area contributed by atoms with Gasteiger partial charge in [-0.3, -0.25) is 5.41 Å². The van der Waals surface area contributed by atoms with E-state index in [-0.39, 0.29) is 12.2 Å². The fourth-order valence-corrected chi connectivity index (χ4v) is 3.32. The monoisotopic (exact) mass is 517 g/mol. The molecule has 2 aromatic carbocycles. The molecule has 178 valence electrons. The molecule has 0 bridgehead atoms. The first-order valence-corrected chi connectivity index (χ1v) is 11.0. The van der Waals surface area contributed by atoms with Crippen LogP contribution in [0.3, 0.4) is 0 Å². The Balaban J connectivity index is 1.83. The number of aliphatic hydroxyl groups excluding tert-OH is 2. The zero-order valence-electron chi connectivity index (χ0n) is 17.1. The van der Waals surface area contributed by atoms with E-state index in [0.717, 1.165) is 5.56 Å². The van der Waals surface area contributed by atoms with E-state index in [1.54, 1.807) is 18.2 Å². The first-order valence-electron chi connectivity index (χ1n) is 9.89. The van der Waals surface area contributed by atoms with Gasteiger partial charge in [0.05, 0.1) is 18.8 Å². The highest BCUT2D eigenvalue weighted by atomic mass is 35.6. The summed E-state index contributed by atoms with van der Waals surface area (Å²) in [5.41, 5.74) is 1.03. The molecule has 0 saturated carbocycles. The van der Waals surface area contributed by atoms with Crippen LogP contribution in [-0.2, 0) is 25.6 Å². The van der Waals surface area contributed by atoms with Crippen molar-refractivity contribution in [1.29, 1.82) is 5.41 Å². The van der Waals surface area contributed by atoms with Crippen LogP contribution in [0.2, 0.25) is 0 Å². The molecular weight excluding hydrogens is 497 g/mol. The highest BCUT2D eigenvalue weighted by Gasteiger charge is 2.50. The molecule has 2 unspecified atom stereocenters. The normalized spacial score (nSPS) is 25.3. The summed E-state index contributed by atoms with van der Waals surface area (Å²) < 4.78 is 20.0. The summed E-state index contributed by atoms with van der Waals surface area (Å²) in [5, 5.41) is 28.7. The van der Waals surface area contributed by atoms with E-state index in [0.29, 0.717) is 0 Å². The molecule has 0 spiro atoms. The van der Waals surface area contributed by atoms with Crippen LogP contribution < -0.4 is 0 Å². The van der Waals surface area contributed by atoms with Crippen LogP contribution in [0.15, 0.2) is 60.7 Å². The number of esters is 1. The Labute approximate surface area is 205 Å². The number of benzene rings is 2. The lowest BCUT2D eigenvalue weighted by Gasteiger charge is -2.43. The van der Waals surface area contributed by atoms with Crippen molar-refractivity contribution in [2.45, 2.75) is 41.1 Å². The standard InChI is InChI=1S/C22H22Cl3NO7/c23-22(24,25)21(26)33-20-18(32-19(29)14-9-5-2-6-10-14)16(28)17(15(11-27)31-20)30-12-13-7-3-1-4-8-13/h1-10,15-18,20,26-28H,11-12H2/t15?,16-,17-,18?,20-/m0/s1. The predicted molar refractivity (Wildman–Crippen MR) is 122 cm³/mol. The topological polar surface area (TPSA) is 118 Å². The molecule has 0 aliphatic carbocycles. The van der Waals surface area contributed by atoms with E-state index >= 15 is 0 Å². The lowest BCUT2D eigenvalue weighted by molar-refractivity contribution is -0.290. The molecule has 3 rings (SSSR count). The van der Waals surface area contributed by atoms with Gasteiger partial charge >= 0.3 is 5.97 Å². The zero-order valence-corrected chi connectivity index (χ0v) is 19.4. The van der Waals surface area contributed by atoms with Gasteiger partial charge in [0.1, 0.15) is 18.3 Å². The maximum atomic E-state index is 12.7. The predicted octanol–water partition coefficient (Wildman–Crippen LogP) is 3.24. The molecule has 11 heteroatoms. The number of alkyl halides is 3. The van der Waals surface area contributed by atoms with Crippen molar-refractivity contribution in [2.75, 3.05) is 6.61 Å². The van der Waals surface area contributed by atoms with E-state index in [2.05, 4.69) is 0 Å². The fourth-order valence-electron chi connectivity index (χ4n) is 3.18. The van der Waals surface area contributed by atoms with Gasteiger partial charge in [-0.05, 0) is 17.7 Å². The van der Waals surface area contributed by atoms with E-state index in [9.17, 15) is 15.0 Å². The Morgan fingerprint density at radius 3 is 2.18 bits per heavy atom. The summed E-state index contributed by atoms with van der Waals surface area (Å²) in [6.07, 6.45) is -6.69. The summed E-state index contributed by atoms with van der Waals surface area (Å²) in [6, 6.07) is 17.2. The highest BCUT2D eigenvalue weighted by molar-refractivity contribution is 6.76. The number of hydrogen-bond acceptors (Lipinski definition) is 8. The highest BCUT2D eigenvalue weighted by Crippen LogP contribution is 2.32. The van der Waals surface area contributed by atoms with Gasteiger partial charge in [0, 0.05) is 0 Å². The number of ether oxygens (including phenoxy) is 4. The maximum absolute atomic E-state index is 12.7. The van der Waals surface area contributed by atoms with Crippen LogP contribution in [0.25, 0.3) is 0 Å². The van der Waals surface area contributed by atoms with Crippen LogP contribution in [0.1, 0.15) is 15.9 Å². The van der Waals surface area contributed by atoms with Crippen LogP contribution in [0, 0.1) is 5.41 Å². The Morgan fingerprint density at radius 1 is 1.00 bits per heavy atom. The van der Waals surface area contributed by atoms with Gasteiger partial charge in [0.25, 0.3) is 3.79 Å². The summed E-state index contributed by atoms with van der Waals surface area (Å²) in [4.78, 5) is 12.7. The van der Waals surface area contributed by atoms with Gasteiger partial charge in [-0.25, -0.2) is 4.79 Å². The number of hydrogen-bond donors (Lipinski definition) is 3. The van der Waals surface area contributed by atoms with Gasteiger partial charge in [-0.15, -0.1) is 0 Å². The Bertz CT molecular complexity index is 927. The summed E-state index contributed by atoms with van der Waals surface area (Å²) in [5.74, 6) is -1.59. The number of halogens is 3. The number of carbonyl (C=O) groups is 1. The Kier molecular flexibility index (Phi) is 8.95. The average Bonchev–Trinajstić information content (AvgIpc) is 2.81. The van der Waals surface area contributed by atoms with Crippen molar-refractivity contribution >= 4 is 46.7 Å². The van der Waals surface area contributed by atoms with E-state index in [1.807, 2.05) is 30.3 Å². The quantitative estimate of drug-likeness (QED) is 0.223. The lowest BCUT2D eigenvalue weighted by atomic mass is 9.98. The molecule has 0 aromatic heterocycles. The third-order valence-corrected chi connectivity index (χ3v) is 5.34. The van der Waals surface area contributed by atoms with E-state index in [4.69, 9.17) is 59.2 Å². The van der Waals surface area contributed by atoms with Crippen molar-refractivity contribution in [3.05, 3.63) is 71.8 Å². The number of rotatable bonds is 7. The fraction of sp³-hybridized carbons (Fsp3) is 0.364. The third-order valence-electron chi connectivity index (χ3n) is 4.83. The van der Waals surface area contributed by atoms with Crippen molar-refractivity contribution in [3.8, 4) is 0 Å². The van der Waals surface area contributed by atoms with Crippen molar-refractivity contribution < 1.29 is 34.0 Å². The van der Waals surface area contributed by atoms with Gasteiger partial charge < -0.3 is 29.2 Å². The minimum absolute atomic E-state index is 0.0945. The molecule has 1 fully saturated rings. The van der Waals surface area contributed by atoms with Crippen molar-refractivity contribution in [1.82, 2.24) is 0 Å². The van der Waals surface area contributed by atoms with Crippen LogP contribution in [0.5, 0.6) is 0 Å². The van der Waals surface area contributed by atoms with Gasteiger partial charge in [0.15, 0.2) is 6.10 Å².